The molecule has 0 unspecified atom stereocenters. The van der Waals surface area contributed by atoms with Crippen molar-refractivity contribution in [2.24, 2.45) is 0 Å². The molecule has 3 aromatic rings. The van der Waals surface area contributed by atoms with Crippen molar-refractivity contribution in [3.8, 4) is 5.75 Å². The van der Waals surface area contributed by atoms with Gasteiger partial charge >= 0.3 is 6.18 Å². The summed E-state index contributed by atoms with van der Waals surface area (Å²) in [7, 11) is 1.48. The molecule has 1 N–H and O–H groups in total. The lowest BCUT2D eigenvalue weighted by molar-refractivity contribution is -0.137. The maximum absolute atomic E-state index is 13.1. The van der Waals surface area contributed by atoms with Crippen LogP contribution >= 0.6 is 11.8 Å². The highest BCUT2D eigenvalue weighted by Gasteiger charge is 2.31. The van der Waals surface area contributed by atoms with E-state index in [1.54, 1.807) is 6.07 Å². The first-order valence-electron chi connectivity index (χ1n) is 8.98. The Morgan fingerprint density at radius 2 is 1.90 bits per heavy atom. The molecular weight excluding hydrogens is 417 g/mol. The average Bonchev–Trinajstić information content (AvgIpc) is 2.72. The zero-order valence-corrected chi connectivity index (χ0v) is 16.8. The van der Waals surface area contributed by atoms with Gasteiger partial charge in [-0.25, -0.2) is 4.98 Å². The quantitative estimate of drug-likeness (QED) is 0.397. The standard InChI is InChI=1S/C21H19F3N2O3S/c1-28-10-11-29-18-8-7-15(21(22,23)24)12-17(18)25-19(27)13-30-20-9-6-14-4-2-3-5-16(14)26-20/h2-9,12H,10-11,13H2,1H3,(H,25,27). The van der Waals surface area contributed by atoms with Crippen molar-refractivity contribution in [2.75, 3.05) is 31.4 Å². The number of nitrogens with one attached hydrogen (secondary N) is 1. The number of hydrogen-bond acceptors (Lipinski definition) is 5. The minimum Gasteiger partial charge on any atom is -0.489 e. The number of hydrogen-bond donors (Lipinski definition) is 1. The molecule has 1 heterocycles. The largest absolute Gasteiger partial charge is 0.489 e. The lowest BCUT2D eigenvalue weighted by Crippen LogP contribution is -2.17. The molecule has 0 aliphatic heterocycles. The topological polar surface area (TPSA) is 60.5 Å². The molecule has 0 radical (unpaired) electrons. The summed E-state index contributed by atoms with van der Waals surface area (Å²) in [5.74, 6) is -0.341. The fourth-order valence-corrected chi connectivity index (χ4v) is 3.30. The third-order valence-electron chi connectivity index (χ3n) is 4.05. The van der Waals surface area contributed by atoms with Gasteiger partial charge in [-0.2, -0.15) is 13.2 Å². The Bertz CT molecular complexity index is 1030. The predicted molar refractivity (Wildman–Crippen MR) is 110 cm³/mol. The molecule has 0 spiro atoms. The van der Waals surface area contributed by atoms with E-state index in [9.17, 15) is 18.0 Å². The number of aromatic nitrogens is 1. The maximum atomic E-state index is 13.1. The third kappa shape index (κ3) is 5.87. The molecule has 158 valence electrons. The SMILES string of the molecule is COCCOc1ccc(C(F)(F)F)cc1NC(=O)CSc1ccc2ccccc2n1. The molecule has 0 bridgehead atoms. The molecule has 3 rings (SSSR count). The Labute approximate surface area is 175 Å². The molecule has 2 aromatic carbocycles. The number of pyridine rings is 1. The fraction of sp³-hybridized carbons (Fsp3) is 0.238. The summed E-state index contributed by atoms with van der Waals surface area (Å²) in [4.78, 5) is 16.8. The van der Waals surface area contributed by atoms with Gasteiger partial charge in [-0.05, 0) is 30.3 Å². The Hall–Kier alpha value is -2.78. The summed E-state index contributed by atoms with van der Waals surface area (Å²) in [6.07, 6.45) is -4.53. The molecule has 30 heavy (non-hydrogen) atoms. The van der Waals surface area contributed by atoms with Crippen LogP contribution in [-0.4, -0.2) is 37.0 Å². The summed E-state index contributed by atoms with van der Waals surface area (Å²) in [6.45, 7) is 0.401. The van der Waals surface area contributed by atoms with E-state index in [-0.39, 0.29) is 30.4 Å². The van der Waals surface area contributed by atoms with Crippen molar-refractivity contribution in [2.45, 2.75) is 11.2 Å². The van der Waals surface area contributed by atoms with Gasteiger partial charge in [0, 0.05) is 12.5 Å². The van der Waals surface area contributed by atoms with Crippen LogP contribution in [0.3, 0.4) is 0 Å². The summed E-state index contributed by atoms with van der Waals surface area (Å²) in [5, 5.41) is 4.13. The third-order valence-corrected chi connectivity index (χ3v) is 4.98. The minimum absolute atomic E-state index is 0.0148. The van der Waals surface area contributed by atoms with Gasteiger partial charge in [0.1, 0.15) is 12.4 Å². The molecule has 0 aliphatic carbocycles. The molecule has 0 aliphatic rings. The number of ether oxygens (including phenoxy) is 2. The molecule has 0 atom stereocenters. The first-order chi connectivity index (χ1) is 14.4. The molecule has 9 heteroatoms. The Morgan fingerprint density at radius 1 is 1.10 bits per heavy atom. The molecule has 0 fully saturated rings. The lowest BCUT2D eigenvalue weighted by atomic mass is 10.1. The number of benzene rings is 2. The normalized spacial score (nSPS) is 11.5. The van der Waals surface area contributed by atoms with Gasteiger partial charge < -0.3 is 14.8 Å². The van der Waals surface area contributed by atoms with Crippen molar-refractivity contribution < 1.29 is 27.4 Å². The van der Waals surface area contributed by atoms with Gasteiger partial charge in [0.2, 0.25) is 5.91 Å². The van der Waals surface area contributed by atoms with Crippen LogP contribution in [0.25, 0.3) is 10.9 Å². The number of carbonyl (C=O) groups excluding carboxylic acids is 1. The summed E-state index contributed by atoms with van der Waals surface area (Å²) in [6, 6.07) is 14.2. The van der Waals surface area contributed by atoms with Crippen LogP contribution in [0.5, 0.6) is 5.75 Å². The van der Waals surface area contributed by atoms with E-state index in [4.69, 9.17) is 9.47 Å². The van der Waals surface area contributed by atoms with Crippen LogP contribution < -0.4 is 10.1 Å². The van der Waals surface area contributed by atoms with E-state index in [1.165, 1.54) is 24.9 Å². The molecule has 0 saturated heterocycles. The van der Waals surface area contributed by atoms with Crippen molar-refractivity contribution in [1.29, 1.82) is 0 Å². The molecular formula is C21H19F3N2O3S. The van der Waals surface area contributed by atoms with Crippen LogP contribution in [0.1, 0.15) is 5.56 Å². The first kappa shape index (κ1) is 21.9. The Morgan fingerprint density at radius 3 is 2.67 bits per heavy atom. The number of para-hydroxylation sites is 1. The van der Waals surface area contributed by atoms with Crippen LogP contribution in [0, 0.1) is 0 Å². The lowest BCUT2D eigenvalue weighted by Gasteiger charge is -2.15. The monoisotopic (exact) mass is 436 g/mol. The molecule has 0 saturated carbocycles. The first-order valence-corrected chi connectivity index (χ1v) is 9.97. The second-order valence-electron chi connectivity index (χ2n) is 6.23. The number of methoxy groups -OCH3 is 1. The number of nitrogens with zero attached hydrogens (tertiary/aromatic N) is 1. The number of carbonyl (C=O) groups is 1. The van der Waals surface area contributed by atoms with Gasteiger partial charge in [0.15, 0.2) is 0 Å². The number of anilines is 1. The van der Waals surface area contributed by atoms with E-state index in [0.717, 1.165) is 23.0 Å². The maximum Gasteiger partial charge on any atom is 0.416 e. The number of thioether (sulfide) groups is 1. The van der Waals surface area contributed by atoms with Crippen molar-refractivity contribution in [1.82, 2.24) is 4.98 Å². The van der Waals surface area contributed by atoms with Gasteiger partial charge in [-0.3, -0.25) is 4.79 Å². The van der Waals surface area contributed by atoms with Crippen LogP contribution in [0.15, 0.2) is 59.6 Å². The summed E-state index contributed by atoms with van der Waals surface area (Å²) >= 11 is 1.19. The predicted octanol–water partition coefficient (Wildman–Crippen LogP) is 5.01. The molecule has 5 nitrogen and oxygen atoms in total. The highest BCUT2D eigenvalue weighted by atomic mass is 32.2. The van der Waals surface area contributed by atoms with Gasteiger partial charge in [-0.1, -0.05) is 36.0 Å². The highest BCUT2D eigenvalue weighted by molar-refractivity contribution is 7.99. The van der Waals surface area contributed by atoms with Crippen LogP contribution in [0.2, 0.25) is 0 Å². The average molecular weight is 436 g/mol. The number of alkyl halides is 3. The van der Waals surface area contributed by atoms with Crippen LogP contribution in [-0.2, 0) is 15.7 Å². The summed E-state index contributed by atoms with van der Waals surface area (Å²) in [5.41, 5.74) is -0.117. The summed E-state index contributed by atoms with van der Waals surface area (Å²) < 4.78 is 49.5. The Balaban J connectivity index is 1.69. The number of amides is 1. The van der Waals surface area contributed by atoms with E-state index in [2.05, 4.69) is 10.3 Å². The van der Waals surface area contributed by atoms with Gasteiger partial charge in [0.05, 0.1) is 34.2 Å². The smallest absolute Gasteiger partial charge is 0.416 e. The second-order valence-corrected chi connectivity index (χ2v) is 7.22. The number of halogens is 3. The van der Waals surface area contributed by atoms with E-state index < -0.39 is 17.6 Å². The zero-order valence-electron chi connectivity index (χ0n) is 16.0. The minimum atomic E-state index is -4.53. The van der Waals surface area contributed by atoms with Gasteiger partial charge in [-0.15, -0.1) is 0 Å². The van der Waals surface area contributed by atoms with Gasteiger partial charge in [0.25, 0.3) is 0 Å². The highest BCUT2D eigenvalue weighted by Crippen LogP contribution is 2.35. The number of rotatable bonds is 8. The molecule has 1 aromatic heterocycles. The van der Waals surface area contributed by atoms with E-state index >= 15 is 0 Å². The zero-order chi connectivity index (χ0) is 21.6. The second kappa shape index (κ2) is 9.82. The Kier molecular flexibility index (Phi) is 7.17. The van der Waals surface area contributed by atoms with E-state index in [0.29, 0.717) is 5.03 Å². The van der Waals surface area contributed by atoms with Crippen LogP contribution in [0.4, 0.5) is 18.9 Å². The van der Waals surface area contributed by atoms with Crippen molar-refractivity contribution >= 4 is 34.3 Å². The van der Waals surface area contributed by atoms with E-state index in [1.807, 2.05) is 30.3 Å². The number of fused-ring (bicyclic) bond motifs is 1. The molecule has 1 amide bonds. The fourth-order valence-electron chi connectivity index (χ4n) is 2.62. The van der Waals surface area contributed by atoms with Crippen molar-refractivity contribution in [3.63, 3.8) is 0 Å². The van der Waals surface area contributed by atoms with Crippen molar-refractivity contribution in [3.05, 3.63) is 60.2 Å².